The summed E-state index contributed by atoms with van der Waals surface area (Å²) in [4.78, 5) is 0. The van der Waals surface area contributed by atoms with Crippen molar-refractivity contribution in [3.63, 3.8) is 0 Å². The summed E-state index contributed by atoms with van der Waals surface area (Å²) >= 11 is 0. The van der Waals surface area contributed by atoms with Crippen molar-refractivity contribution in [2.45, 2.75) is 25.3 Å². The summed E-state index contributed by atoms with van der Waals surface area (Å²) in [7, 11) is 0. The minimum absolute atomic E-state index is 0.559. The monoisotopic (exact) mass is 237 g/mol. The van der Waals surface area contributed by atoms with Gasteiger partial charge in [0.2, 0.25) is 0 Å². The standard InChI is InChI=1S/C17H19N/c1-2-6-14(7-3-1)15-9-11-16(12-10-15)17-8-4-5-13-18-17/h1-3,6-7,9-12,17-18H,4-5,8,13H2/t17-/m0/s1. The van der Waals surface area contributed by atoms with E-state index in [2.05, 4.69) is 59.9 Å². The van der Waals surface area contributed by atoms with Crippen molar-refractivity contribution in [1.82, 2.24) is 5.32 Å². The topological polar surface area (TPSA) is 12.0 Å². The van der Waals surface area contributed by atoms with Gasteiger partial charge in [-0.25, -0.2) is 0 Å². The first kappa shape index (κ1) is 11.5. The van der Waals surface area contributed by atoms with E-state index < -0.39 is 0 Å². The van der Waals surface area contributed by atoms with Gasteiger partial charge in [-0.1, -0.05) is 61.0 Å². The third kappa shape index (κ3) is 2.46. The normalized spacial score (nSPS) is 19.7. The Morgan fingerprint density at radius 1 is 0.778 bits per heavy atom. The molecular weight excluding hydrogens is 218 g/mol. The highest BCUT2D eigenvalue weighted by atomic mass is 14.9. The number of benzene rings is 2. The van der Waals surface area contributed by atoms with Crippen molar-refractivity contribution in [2.75, 3.05) is 6.54 Å². The number of hydrogen-bond donors (Lipinski definition) is 1. The molecule has 0 radical (unpaired) electrons. The molecule has 3 rings (SSSR count). The van der Waals surface area contributed by atoms with Crippen molar-refractivity contribution in [1.29, 1.82) is 0 Å². The van der Waals surface area contributed by atoms with E-state index in [-0.39, 0.29) is 0 Å². The van der Waals surface area contributed by atoms with Crippen LogP contribution in [0.1, 0.15) is 30.9 Å². The van der Waals surface area contributed by atoms with Crippen LogP contribution in [-0.4, -0.2) is 6.54 Å². The molecule has 0 bridgehead atoms. The molecule has 0 unspecified atom stereocenters. The minimum atomic E-state index is 0.559. The zero-order valence-corrected chi connectivity index (χ0v) is 10.6. The summed E-state index contributed by atoms with van der Waals surface area (Å²) in [6, 6.07) is 20.1. The van der Waals surface area contributed by atoms with Crippen LogP contribution in [0, 0.1) is 0 Å². The Labute approximate surface area is 109 Å². The van der Waals surface area contributed by atoms with Gasteiger partial charge in [0.25, 0.3) is 0 Å². The fourth-order valence-corrected chi connectivity index (χ4v) is 2.67. The van der Waals surface area contributed by atoms with E-state index >= 15 is 0 Å². The highest BCUT2D eigenvalue weighted by Crippen LogP contribution is 2.25. The first-order valence-corrected chi connectivity index (χ1v) is 6.82. The summed E-state index contributed by atoms with van der Waals surface area (Å²) in [5.74, 6) is 0. The van der Waals surface area contributed by atoms with Crippen LogP contribution in [0.4, 0.5) is 0 Å². The Hall–Kier alpha value is -1.60. The van der Waals surface area contributed by atoms with Crippen LogP contribution in [0.15, 0.2) is 54.6 Å². The van der Waals surface area contributed by atoms with Crippen molar-refractivity contribution < 1.29 is 0 Å². The Morgan fingerprint density at radius 3 is 2.17 bits per heavy atom. The maximum Gasteiger partial charge on any atom is 0.0320 e. The van der Waals surface area contributed by atoms with Crippen LogP contribution >= 0.6 is 0 Å². The van der Waals surface area contributed by atoms with Gasteiger partial charge >= 0.3 is 0 Å². The third-order valence-corrected chi connectivity index (χ3v) is 3.73. The largest absolute Gasteiger partial charge is 0.310 e. The van der Waals surface area contributed by atoms with E-state index in [0.29, 0.717) is 6.04 Å². The fraction of sp³-hybridized carbons (Fsp3) is 0.294. The lowest BCUT2D eigenvalue weighted by Crippen LogP contribution is -2.26. The average molecular weight is 237 g/mol. The second-order valence-electron chi connectivity index (χ2n) is 4.99. The SMILES string of the molecule is c1ccc(-c2ccc([C@@H]3CCCCN3)cc2)cc1. The van der Waals surface area contributed by atoms with Gasteiger partial charge in [0, 0.05) is 6.04 Å². The zero-order valence-electron chi connectivity index (χ0n) is 10.6. The van der Waals surface area contributed by atoms with Crippen molar-refractivity contribution in [3.05, 3.63) is 60.2 Å². The lowest BCUT2D eigenvalue weighted by Gasteiger charge is -2.24. The minimum Gasteiger partial charge on any atom is -0.310 e. The van der Waals surface area contributed by atoms with Gasteiger partial charge < -0.3 is 5.32 Å². The second kappa shape index (κ2) is 5.36. The molecule has 1 N–H and O–H groups in total. The molecule has 1 nitrogen and oxygen atoms in total. The third-order valence-electron chi connectivity index (χ3n) is 3.73. The van der Waals surface area contributed by atoms with Gasteiger partial charge in [0.1, 0.15) is 0 Å². The summed E-state index contributed by atoms with van der Waals surface area (Å²) in [6.45, 7) is 1.16. The van der Waals surface area contributed by atoms with E-state index in [1.807, 2.05) is 0 Å². The highest BCUT2D eigenvalue weighted by molar-refractivity contribution is 5.63. The first-order valence-electron chi connectivity index (χ1n) is 6.82. The molecule has 1 heterocycles. The van der Waals surface area contributed by atoms with Crippen molar-refractivity contribution >= 4 is 0 Å². The van der Waals surface area contributed by atoms with E-state index in [4.69, 9.17) is 0 Å². The zero-order chi connectivity index (χ0) is 12.2. The van der Waals surface area contributed by atoms with Gasteiger partial charge in [-0.3, -0.25) is 0 Å². The molecule has 1 aliphatic rings. The van der Waals surface area contributed by atoms with E-state index in [1.165, 1.54) is 36.0 Å². The molecule has 2 aromatic rings. The van der Waals surface area contributed by atoms with Crippen LogP contribution in [0.25, 0.3) is 11.1 Å². The molecule has 0 spiro atoms. The molecule has 0 amide bonds. The Kier molecular flexibility index (Phi) is 3.42. The fourth-order valence-electron chi connectivity index (χ4n) is 2.67. The van der Waals surface area contributed by atoms with Gasteiger partial charge in [-0.05, 0) is 36.1 Å². The molecule has 1 saturated heterocycles. The lowest BCUT2D eigenvalue weighted by molar-refractivity contribution is 0.412. The van der Waals surface area contributed by atoms with E-state index in [1.54, 1.807) is 0 Å². The van der Waals surface area contributed by atoms with Crippen LogP contribution in [0.5, 0.6) is 0 Å². The highest BCUT2D eigenvalue weighted by Gasteiger charge is 2.14. The predicted molar refractivity (Wildman–Crippen MR) is 76.5 cm³/mol. The van der Waals surface area contributed by atoms with E-state index in [0.717, 1.165) is 6.54 Å². The molecule has 2 aromatic carbocycles. The van der Waals surface area contributed by atoms with Gasteiger partial charge in [-0.2, -0.15) is 0 Å². The summed E-state index contributed by atoms with van der Waals surface area (Å²) < 4.78 is 0. The second-order valence-corrected chi connectivity index (χ2v) is 4.99. The maximum absolute atomic E-state index is 3.59. The van der Waals surface area contributed by atoms with Gasteiger partial charge in [0.05, 0.1) is 0 Å². The number of rotatable bonds is 2. The van der Waals surface area contributed by atoms with Crippen LogP contribution < -0.4 is 5.32 Å². The molecule has 18 heavy (non-hydrogen) atoms. The molecule has 92 valence electrons. The number of nitrogens with one attached hydrogen (secondary N) is 1. The van der Waals surface area contributed by atoms with Crippen molar-refractivity contribution in [2.24, 2.45) is 0 Å². The molecule has 1 atom stereocenters. The Balaban J connectivity index is 1.80. The smallest absolute Gasteiger partial charge is 0.0320 e. The van der Waals surface area contributed by atoms with E-state index in [9.17, 15) is 0 Å². The van der Waals surface area contributed by atoms with Crippen LogP contribution in [0.3, 0.4) is 0 Å². The summed E-state index contributed by atoms with van der Waals surface area (Å²) in [6.07, 6.45) is 3.93. The average Bonchev–Trinajstić information content (AvgIpc) is 2.49. The molecule has 1 aliphatic heterocycles. The molecular formula is C17H19N. The molecule has 0 aromatic heterocycles. The lowest BCUT2D eigenvalue weighted by atomic mass is 9.95. The molecule has 0 aliphatic carbocycles. The maximum atomic E-state index is 3.59. The van der Waals surface area contributed by atoms with Gasteiger partial charge in [0.15, 0.2) is 0 Å². The predicted octanol–water partition coefficient (Wildman–Crippen LogP) is 4.17. The van der Waals surface area contributed by atoms with Gasteiger partial charge in [-0.15, -0.1) is 0 Å². The summed E-state index contributed by atoms with van der Waals surface area (Å²) in [5.41, 5.74) is 4.02. The Bertz CT molecular complexity index is 481. The number of hydrogen-bond acceptors (Lipinski definition) is 1. The van der Waals surface area contributed by atoms with Crippen molar-refractivity contribution in [3.8, 4) is 11.1 Å². The molecule has 1 heteroatoms. The van der Waals surface area contributed by atoms with Crippen LogP contribution in [-0.2, 0) is 0 Å². The summed E-state index contributed by atoms with van der Waals surface area (Å²) in [5, 5.41) is 3.59. The number of piperidine rings is 1. The quantitative estimate of drug-likeness (QED) is 0.826. The molecule has 0 saturated carbocycles. The van der Waals surface area contributed by atoms with Crippen LogP contribution in [0.2, 0.25) is 0 Å². The first-order chi connectivity index (χ1) is 8.93. The molecule has 1 fully saturated rings. The Morgan fingerprint density at radius 2 is 1.50 bits per heavy atom.